The number of nitrogens with one attached hydrogen (secondary N) is 1. The first-order valence-corrected chi connectivity index (χ1v) is 9.34. The first-order valence-electron chi connectivity index (χ1n) is 9.34. The van der Waals surface area contributed by atoms with E-state index in [9.17, 15) is 4.79 Å². The number of nitrogens with zero attached hydrogens (tertiary/aromatic N) is 1. The number of carbonyl (C=O) groups is 1. The van der Waals surface area contributed by atoms with Gasteiger partial charge in [0.2, 0.25) is 0 Å². The number of hydrogen-bond acceptors (Lipinski definition) is 4. The van der Waals surface area contributed by atoms with E-state index in [1.165, 1.54) is 19.5 Å². The fourth-order valence-corrected chi connectivity index (χ4v) is 3.66. The first kappa shape index (κ1) is 19.6. The Morgan fingerprint density at radius 2 is 1.96 bits per heavy atom. The standard InChI is InChI=1S/C20H32N2O3/c1-5-25-18-8-7-17(12-19(18)24-4)20(23)21-9-6-10-22-13-15(2)11-16(3)14-22/h7-8,12,15-16H,5-6,9-11,13-14H2,1-4H3,(H,21,23)/t15-,16+. The van der Waals surface area contributed by atoms with Gasteiger partial charge < -0.3 is 19.7 Å². The van der Waals surface area contributed by atoms with Crippen LogP contribution in [0, 0.1) is 11.8 Å². The van der Waals surface area contributed by atoms with Gasteiger partial charge in [0.25, 0.3) is 5.91 Å². The number of methoxy groups -OCH3 is 1. The zero-order valence-electron chi connectivity index (χ0n) is 16.0. The predicted octanol–water partition coefficient (Wildman–Crippen LogP) is 3.19. The maximum atomic E-state index is 12.3. The summed E-state index contributed by atoms with van der Waals surface area (Å²) in [6, 6.07) is 5.29. The quantitative estimate of drug-likeness (QED) is 0.733. The number of piperidine rings is 1. The van der Waals surface area contributed by atoms with Gasteiger partial charge in [-0.15, -0.1) is 0 Å². The topological polar surface area (TPSA) is 50.8 Å². The third-order valence-corrected chi connectivity index (χ3v) is 4.61. The van der Waals surface area contributed by atoms with E-state index in [0.717, 1.165) is 24.8 Å². The van der Waals surface area contributed by atoms with Crippen LogP contribution in [-0.4, -0.2) is 50.7 Å². The van der Waals surface area contributed by atoms with Gasteiger partial charge in [-0.25, -0.2) is 0 Å². The molecule has 2 atom stereocenters. The SMILES string of the molecule is CCOc1ccc(C(=O)NCCCN2C[C@H](C)C[C@H](C)C2)cc1OC. The third-order valence-electron chi connectivity index (χ3n) is 4.61. The molecule has 1 aromatic carbocycles. The van der Waals surface area contributed by atoms with Crippen molar-refractivity contribution >= 4 is 5.91 Å². The molecule has 1 aliphatic heterocycles. The second-order valence-electron chi connectivity index (χ2n) is 7.11. The number of ether oxygens (including phenoxy) is 2. The van der Waals surface area contributed by atoms with Crippen molar-refractivity contribution in [2.45, 2.75) is 33.6 Å². The number of amides is 1. The molecule has 1 amide bonds. The summed E-state index contributed by atoms with van der Waals surface area (Å²) in [5.74, 6) is 2.73. The number of hydrogen-bond donors (Lipinski definition) is 1. The van der Waals surface area contributed by atoms with E-state index in [1.807, 2.05) is 6.92 Å². The molecule has 1 fully saturated rings. The Morgan fingerprint density at radius 3 is 2.60 bits per heavy atom. The Morgan fingerprint density at radius 1 is 1.24 bits per heavy atom. The Bertz CT molecular complexity index is 552. The molecule has 1 saturated heterocycles. The first-order chi connectivity index (χ1) is 12.0. The van der Waals surface area contributed by atoms with E-state index in [4.69, 9.17) is 9.47 Å². The van der Waals surface area contributed by atoms with Crippen LogP contribution in [0.1, 0.15) is 44.0 Å². The van der Waals surface area contributed by atoms with Crippen molar-refractivity contribution in [3.8, 4) is 11.5 Å². The van der Waals surface area contributed by atoms with Crippen molar-refractivity contribution in [2.24, 2.45) is 11.8 Å². The second kappa shape index (κ2) is 9.66. The van der Waals surface area contributed by atoms with E-state index in [1.54, 1.807) is 25.3 Å². The lowest BCUT2D eigenvalue weighted by atomic mass is 9.92. The highest BCUT2D eigenvalue weighted by Gasteiger charge is 2.21. The zero-order valence-corrected chi connectivity index (χ0v) is 16.0. The van der Waals surface area contributed by atoms with Gasteiger partial charge >= 0.3 is 0 Å². The summed E-state index contributed by atoms with van der Waals surface area (Å²) in [7, 11) is 1.58. The number of rotatable bonds is 8. The van der Waals surface area contributed by atoms with E-state index in [-0.39, 0.29) is 5.91 Å². The van der Waals surface area contributed by atoms with Crippen molar-refractivity contribution < 1.29 is 14.3 Å². The fourth-order valence-electron chi connectivity index (χ4n) is 3.66. The molecule has 0 bridgehead atoms. The molecule has 1 N–H and O–H groups in total. The zero-order chi connectivity index (χ0) is 18.2. The van der Waals surface area contributed by atoms with E-state index in [2.05, 4.69) is 24.1 Å². The van der Waals surface area contributed by atoms with Gasteiger partial charge in [0.15, 0.2) is 11.5 Å². The number of carbonyl (C=O) groups excluding carboxylic acids is 1. The number of likely N-dealkylation sites (tertiary alicyclic amines) is 1. The number of benzene rings is 1. The van der Waals surface area contributed by atoms with Crippen LogP contribution in [0.5, 0.6) is 11.5 Å². The third kappa shape index (κ3) is 5.92. The molecule has 0 aliphatic carbocycles. The minimum atomic E-state index is -0.0678. The normalized spacial score (nSPS) is 21.0. The monoisotopic (exact) mass is 348 g/mol. The maximum absolute atomic E-state index is 12.3. The molecular weight excluding hydrogens is 316 g/mol. The van der Waals surface area contributed by atoms with Gasteiger partial charge in [-0.3, -0.25) is 4.79 Å². The molecule has 0 aromatic heterocycles. The minimum absolute atomic E-state index is 0.0678. The van der Waals surface area contributed by atoms with Crippen LogP contribution in [0.3, 0.4) is 0 Å². The minimum Gasteiger partial charge on any atom is -0.493 e. The molecule has 1 aromatic rings. The van der Waals surface area contributed by atoms with E-state index >= 15 is 0 Å². The molecule has 140 valence electrons. The van der Waals surface area contributed by atoms with Crippen molar-refractivity contribution in [3.63, 3.8) is 0 Å². The van der Waals surface area contributed by atoms with Crippen molar-refractivity contribution in [1.82, 2.24) is 10.2 Å². The van der Waals surface area contributed by atoms with Gasteiger partial charge in [-0.2, -0.15) is 0 Å². The molecule has 1 aliphatic rings. The van der Waals surface area contributed by atoms with E-state index in [0.29, 0.717) is 30.2 Å². The molecule has 25 heavy (non-hydrogen) atoms. The summed E-state index contributed by atoms with van der Waals surface area (Å²) in [6.45, 7) is 11.2. The fraction of sp³-hybridized carbons (Fsp3) is 0.650. The Balaban J connectivity index is 1.78. The van der Waals surface area contributed by atoms with Crippen LogP contribution in [0.4, 0.5) is 0 Å². The maximum Gasteiger partial charge on any atom is 0.251 e. The molecule has 2 rings (SSSR count). The van der Waals surface area contributed by atoms with Crippen LogP contribution in [0.2, 0.25) is 0 Å². The van der Waals surface area contributed by atoms with Crippen LogP contribution < -0.4 is 14.8 Å². The van der Waals surface area contributed by atoms with Crippen LogP contribution in [-0.2, 0) is 0 Å². The van der Waals surface area contributed by atoms with Crippen molar-refractivity contribution in [1.29, 1.82) is 0 Å². The molecule has 0 radical (unpaired) electrons. The largest absolute Gasteiger partial charge is 0.493 e. The highest BCUT2D eigenvalue weighted by molar-refractivity contribution is 5.94. The molecule has 1 heterocycles. The van der Waals surface area contributed by atoms with Gasteiger partial charge in [-0.1, -0.05) is 13.8 Å². The summed E-state index contributed by atoms with van der Waals surface area (Å²) < 4.78 is 10.8. The van der Waals surface area contributed by atoms with E-state index < -0.39 is 0 Å². The van der Waals surface area contributed by atoms with Crippen LogP contribution in [0.15, 0.2) is 18.2 Å². The summed E-state index contributed by atoms with van der Waals surface area (Å²) in [4.78, 5) is 14.8. The van der Waals surface area contributed by atoms with Crippen LogP contribution in [0.25, 0.3) is 0 Å². The summed E-state index contributed by atoms with van der Waals surface area (Å²) in [5, 5.41) is 3.00. The lowest BCUT2D eigenvalue weighted by molar-refractivity contribution is 0.0947. The summed E-state index contributed by atoms with van der Waals surface area (Å²) in [5.41, 5.74) is 0.598. The predicted molar refractivity (Wildman–Crippen MR) is 100 cm³/mol. The molecular formula is C20H32N2O3. The highest BCUT2D eigenvalue weighted by Crippen LogP contribution is 2.28. The Kier molecular flexibility index (Phi) is 7.56. The van der Waals surface area contributed by atoms with Gasteiger partial charge in [0, 0.05) is 25.2 Å². The van der Waals surface area contributed by atoms with Gasteiger partial charge in [-0.05, 0) is 56.3 Å². The Labute approximate surface area is 151 Å². The van der Waals surface area contributed by atoms with Gasteiger partial charge in [0.1, 0.15) is 0 Å². The molecule has 5 heteroatoms. The highest BCUT2D eigenvalue weighted by atomic mass is 16.5. The van der Waals surface area contributed by atoms with Crippen molar-refractivity contribution in [3.05, 3.63) is 23.8 Å². The molecule has 0 unspecified atom stereocenters. The second-order valence-corrected chi connectivity index (χ2v) is 7.11. The van der Waals surface area contributed by atoms with Crippen LogP contribution >= 0.6 is 0 Å². The summed E-state index contributed by atoms with van der Waals surface area (Å²) >= 11 is 0. The molecule has 5 nitrogen and oxygen atoms in total. The van der Waals surface area contributed by atoms with Gasteiger partial charge in [0.05, 0.1) is 13.7 Å². The average Bonchev–Trinajstić information content (AvgIpc) is 2.58. The molecule has 0 saturated carbocycles. The smallest absolute Gasteiger partial charge is 0.251 e. The Hall–Kier alpha value is -1.75. The lowest BCUT2D eigenvalue weighted by Gasteiger charge is -2.34. The van der Waals surface area contributed by atoms with Crippen molar-refractivity contribution in [2.75, 3.05) is 39.9 Å². The summed E-state index contributed by atoms with van der Waals surface area (Å²) in [6.07, 6.45) is 2.30. The molecule has 0 spiro atoms. The average molecular weight is 348 g/mol. The lowest BCUT2D eigenvalue weighted by Crippen LogP contribution is -2.40.